The van der Waals surface area contributed by atoms with E-state index in [4.69, 9.17) is 0 Å². The molecule has 0 unspecified atom stereocenters. The van der Waals surface area contributed by atoms with Gasteiger partial charge in [-0.05, 0) is 49.3 Å². The Balaban J connectivity index is 1.48. The molecule has 0 bridgehead atoms. The van der Waals surface area contributed by atoms with Gasteiger partial charge in [0.15, 0.2) is 0 Å². The van der Waals surface area contributed by atoms with Crippen LogP contribution in [0.5, 0.6) is 0 Å². The van der Waals surface area contributed by atoms with E-state index in [0.717, 1.165) is 18.4 Å². The number of hydrazine groups is 1. The highest BCUT2D eigenvalue weighted by Crippen LogP contribution is 2.37. The van der Waals surface area contributed by atoms with Gasteiger partial charge < -0.3 is 0 Å². The highest BCUT2D eigenvalue weighted by Gasteiger charge is 2.31. The predicted octanol–water partition coefficient (Wildman–Crippen LogP) is 3.06. The van der Waals surface area contributed by atoms with Crippen LogP contribution in [0.15, 0.2) is 24.3 Å². The van der Waals surface area contributed by atoms with Crippen molar-refractivity contribution in [2.24, 2.45) is 0 Å². The molecule has 1 heterocycles. The topological polar surface area (TPSA) is 15.3 Å². The Morgan fingerprint density at radius 3 is 2.61 bits per heavy atom. The van der Waals surface area contributed by atoms with E-state index in [2.05, 4.69) is 10.4 Å². The normalized spacial score (nSPS) is 28.9. The largest absolute Gasteiger partial charge is 0.252 e. The van der Waals surface area contributed by atoms with Crippen molar-refractivity contribution in [1.29, 1.82) is 0 Å². The van der Waals surface area contributed by atoms with Gasteiger partial charge in [0.1, 0.15) is 5.82 Å². The summed E-state index contributed by atoms with van der Waals surface area (Å²) in [4.78, 5) is 0. The highest BCUT2D eigenvalue weighted by atomic mass is 19.1. The van der Waals surface area contributed by atoms with Crippen LogP contribution < -0.4 is 5.43 Å². The van der Waals surface area contributed by atoms with Gasteiger partial charge >= 0.3 is 0 Å². The molecular weight excluding hydrogens is 227 g/mol. The number of hydrogen-bond acceptors (Lipinski definition) is 2. The maximum atomic E-state index is 13.1. The number of piperidine rings is 1. The second-order valence-corrected chi connectivity index (χ2v) is 5.60. The Morgan fingerprint density at radius 1 is 1.11 bits per heavy atom. The van der Waals surface area contributed by atoms with Gasteiger partial charge in [0.25, 0.3) is 0 Å². The van der Waals surface area contributed by atoms with Gasteiger partial charge in [-0.25, -0.2) is 9.40 Å². The number of rotatable bonds is 3. The van der Waals surface area contributed by atoms with Crippen molar-refractivity contribution in [2.75, 3.05) is 13.1 Å². The average Bonchev–Trinajstić information content (AvgIpc) is 2.34. The zero-order chi connectivity index (χ0) is 12.4. The fourth-order valence-electron chi connectivity index (χ4n) is 3.04. The van der Waals surface area contributed by atoms with Crippen LogP contribution in [0.25, 0.3) is 0 Å². The summed E-state index contributed by atoms with van der Waals surface area (Å²) in [7, 11) is 0. The molecule has 18 heavy (non-hydrogen) atoms. The molecule has 3 heteroatoms. The SMILES string of the molecule is Fc1cccc(C2CC(NN3CCCCC3)C2)c1. The lowest BCUT2D eigenvalue weighted by Gasteiger charge is -2.40. The lowest BCUT2D eigenvalue weighted by atomic mass is 9.76. The zero-order valence-corrected chi connectivity index (χ0v) is 10.7. The molecule has 0 atom stereocenters. The molecule has 0 radical (unpaired) electrons. The summed E-state index contributed by atoms with van der Waals surface area (Å²) in [6, 6.07) is 7.66. The molecule has 1 aromatic rings. The first-order valence-corrected chi connectivity index (χ1v) is 7.08. The Morgan fingerprint density at radius 2 is 1.89 bits per heavy atom. The lowest BCUT2D eigenvalue weighted by Crippen LogP contribution is -2.51. The van der Waals surface area contributed by atoms with Crippen LogP contribution in [-0.2, 0) is 0 Å². The molecule has 2 nitrogen and oxygen atoms in total. The number of nitrogens with one attached hydrogen (secondary N) is 1. The van der Waals surface area contributed by atoms with Crippen LogP contribution in [0.2, 0.25) is 0 Å². The highest BCUT2D eigenvalue weighted by molar-refractivity contribution is 5.23. The van der Waals surface area contributed by atoms with Crippen molar-refractivity contribution < 1.29 is 4.39 Å². The van der Waals surface area contributed by atoms with Crippen molar-refractivity contribution in [2.45, 2.75) is 44.1 Å². The van der Waals surface area contributed by atoms with E-state index in [1.54, 1.807) is 6.07 Å². The Kier molecular flexibility index (Phi) is 3.62. The minimum Gasteiger partial charge on any atom is -0.252 e. The molecule has 3 rings (SSSR count). The van der Waals surface area contributed by atoms with E-state index in [-0.39, 0.29) is 5.82 Å². The fourth-order valence-corrected chi connectivity index (χ4v) is 3.04. The first kappa shape index (κ1) is 12.1. The summed E-state index contributed by atoms with van der Waals surface area (Å²) in [5.41, 5.74) is 4.77. The summed E-state index contributed by atoms with van der Waals surface area (Å²) in [6.45, 7) is 2.36. The molecule has 0 aromatic heterocycles. The summed E-state index contributed by atoms with van der Waals surface area (Å²) in [5, 5.41) is 2.37. The van der Waals surface area contributed by atoms with E-state index < -0.39 is 0 Å². The Hall–Kier alpha value is -0.930. The van der Waals surface area contributed by atoms with Gasteiger partial charge in [-0.1, -0.05) is 18.6 Å². The molecule has 1 saturated heterocycles. The van der Waals surface area contributed by atoms with Gasteiger partial charge in [0.2, 0.25) is 0 Å². The first-order valence-electron chi connectivity index (χ1n) is 7.08. The van der Waals surface area contributed by atoms with Crippen LogP contribution in [0.3, 0.4) is 0 Å². The van der Waals surface area contributed by atoms with Crippen LogP contribution in [0, 0.1) is 5.82 Å². The quantitative estimate of drug-likeness (QED) is 0.884. The molecule has 0 amide bonds. The molecular formula is C15H21FN2. The van der Waals surface area contributed by atoms with E-state index in [0.29, 0.717) is 12.0 Å². The summed E-state index contributed by atoms with van der Waals surface area (Å²) in [5.74, 6) is 0.433. The van der Waals surface area contributed by atoms with Gasteiger partial charge in [-0.15, -0.1) is 0 Å². The summed E-state index contributed by atoms with van der Waals surface area (Å²) >= 11 is 0. The molecule has 2 fully saturated rings. The summed E-state index contributed by atoms with van der Waals surface area (Å²) in [6.07, 6.45) is 6.27. The zero-order valence-electron chi connectivity index (χ0n) is 10.7. The van der Waals surface area contributed by atoms with Crippen molar-refractivity contribution >= 4 is 0 Å². The maximum Gasteiger partial charge on any atom is 0.123 e. The summed E-state index contributed by atoms with van der Waals surface area (Å²) < 4.78 is 13.1. The Labute approximate surface area is 108 Å². The molecule has 98 valence electrons. The molecule has 1 aromatic carbocycles. The Bertz CT molecular complexity index is 395. The molecule has 1 N–H and O–H groups in total. The standard InChI is InChI=1S/C15H21FN2/c16-14-6-4-5-12(9-14)13-10-15(11-13)17-18-7-2-1-3-8-18/h4-6,9,13,15,17H,1-3,7-8,10-11H2. The average molecular weight is 248 g/mol. The van der Waals surface area contributed by atoms with Crippen LogP contribution in [0.1, 0.15) is 43.6 Å². The van der Waals surface area contributed by atoms with Gasteiger partial charge in [0.05, 0.1) is 0 Å². The molecule has 1 aliphatic carbocycles. The second-order valence-electron chi connectivity index (χ2n) is 5.60. The molecule has 0 spiro atoms. The maximum absolute atomic E-state index is 13.1. The predicted molar refractivity (Wildman–Crippen MR) is 70.7 cm³/mol. The monoisotopic (exact) mass is 248 g/mol. The van der Waals surface area contributed by atoms with Gasteiger partial charge in [-0.2, -0.15) is 0 Å². The van der Waals surface area contributed by atoms with Crippen molar-refractivity contribution in [3.05, 3.63) is 35.6 Å². The molecule has 1 saturated carbocycles. The fraction of sp³-hybridized carbons (Fsp3) is 0.600. The van der Waals surface area contributed by atoms with E-state index in [1.165, 1.54) is 38.4 Å². The van der Waals surface area contributed by atoms with Gasteiger partial charge in [0, 0.05) is 19.1 Å². The third-order valence-corrected chi connectivity index (χ3v) is 4.18. The van der Waals surface area contributed by atoms with Crippen molar-refractivity contribution in [3.63, 3.8) is 0 Å². The second kappa shape index (κ2) is 5.37. The van der Waals surface area contributed by atoms with Crippen LogP contribution in [0.4, 0.5) is 4.39 Å². The number of benzene rings is 1. The molecule has 1 aliphatic heterocycles. The minimum atomic E-state index is -0.111. The van der Waals surface area contributed by atoms with E-state index >= 15 is 0 Å². The number of hydrogen-bond donors (Lipinski definition) is 1. The van der Waals surface area contributed by atoms with Crippen molar-refractivity contribution in [1.82, 2.24) is 10.4 Å². The van der Waals surface area contributed by atoms with Gasteiger partial charge in [-0.3, -0.25) is 5.43 Å². The van der Waals surface area contributed by atoms with Crippen molar-refractivity contribution in [3.8, 4) is 0 Å². The first-order chi connectivity index (χ1) is 8.81. The van der Waals surface area contributed by atoms with Crippen LogP contribution >= 0.6 is 0 Å². The van der Waals surface area contributed by atoms with E-state index in [9.17, 15) is 4.39 Å². The minimum absolute atomic E-state index is 0.111. The van der Waals surface area contributed by atoms with E-state index in [1.807, 2.05) is 12.1 Å². The number of halogens is 1. The van der Waals surface area contributed by atoms with Crippen LogP contribution in [-0.4, -0.2) is 24.1 Å². The third-order valence-electron chi connectivity index (χ3n) is 4.18. The lowest BCUT2D eigenvalue weighted by molar-refractivity contribution is 0.0917. The smallest absolute Gasteiger partial charge is 0.123 e. The number of nitrogens with zero attached hydrogens (tertiary/aromatic N) is 1. The third kappa shape index (κ3) is 2.73. The molecule has 2 aliphatic rings.